The van der Waals surface area contributed by atoms with Gasteiger partial charge in [-0.2, -0.15) is 5.10 Å². The van der Waals surface area contributed by atoms with Gasteiger partial charge in [0.1, 0.15) is 0 Å². The molecule has 2 rings (SSSR count). The lowest BCUT2D eigenvalue weighted by Crippen LogP contribution is -2.38. The molecule has 1 aromatic carbocycles. The number of aromatic nitrogens is 2. The molecule has 2 N–H and O–H groups in total. The van der Waals surface area contributed by atoms with Crippen molar-refractivity contribution in [2.75, 3.05) is 13.1 Å². The summed E-state index contributed by atoms with van der Waals surface area (Å²) in [6, 6.07) is 9.69. The molecule has 1 heterocycles. The number of halogens is 2. The lowest BCUT2D eigenvalue weighted by atomic mass is 10.2. The van der Waals surface area contributed by atoms with Gasteiger partial charge < -0.3 is 10.6 Å². The third-order valence-electron chi connectivity index (χ3n) is 3.09. The fraction of sp³-hybridized carbons (Fsp3) is 0.375. The average Bonchev–Trinajstić information content (AvgIpc) is 3.04. The summed E-state index contributed by atoms with van der Waals surface area (Å²) in [5, 5.41) is 11.5. The van der Waals surface area contributed by atoms with E-state index in [0.29, 0.717) is 6.54 Å². The van der Waals surface area contributed by atoms with Crippen LogP contribution in [0.5, 0.6) is 0 Å². The van der Waals surface area contributed by atoms with E-state index in [1.807, 2.05) is 41.2 Å². The predicted molar refractivity (Wildman–Crippen MR) is 107 cm³/mol. The van der Waals surface area contributed by atoms with Crippen LogP contribution in [0.15, 0.2) is 47.7 Å². The number of rotatable bonds is 7. The third-order valence-corrected chi connectivity index (χ3v) is 3.34. The molecule has 0 spiro atoms. The van der Waals surface area contributed by atoms with Crippen LogP contribution in [-0.4, -0.2) is 28.8 Å². The fourth-order valence-electron chi connectivity index (χ4n) is 1.98. The summed E-state index contributed by atoms with van der Waals surface area (Å²) in [5.41, 5.74) is 1.14. The Morgan fingerprint density at radius 3 is 2.70 bits per heavy atom. The van der Waals surface area contributed by atoms with E-state index in [9.17, 15) is 0 Å². The van der Waals surface area contributed by atoms with Gasteiger partial charge in [0.15, 0.2) is 5.96 Å². The Hall–Kier alpha value is -1.28. The summed E-state index contributed by atoms with van der Waals surface area (Å²) in [4.78, 5) is 4.58. The second-order valence-electron chi connectivity index (χ2n) is 4.87. The Labute approximate surface area is 159 Å². The number of hydrogen-bond donors (Lipinski definition) is 2. The standard InChI is InChI=1S/C16H22ClN5.HI/c1-2-18-16(19-9-3-11-22-12-4-10-21-22)20-13-14-5-7-15(17)8-6-14;/h4-8,10,12H,2-3,9,11,13H2,1H3,(H2,18,19,20);1H. The summed E-state index contributed by atoms with van der Waals surface area (Å²) >= 11 is 5.88. The van der Waals surface area contributed by atoms with Crippen LogP contribution in [0, 0.1) is 0 Å². The molecule has 5 nitrogen and oxygen atoms in total. The predicted octanol–water partition coefficient (Wildman–Crippen LogP) is 3.30. The summed E-state index contributed by atoms with van der Waals surface area (Å²) in [6.07, 6.45) is 4.76. The number of hydrogen-bond acceptors (Lipinski definition) is 2. The number of aryl methyl sites for hydroxylation is 1. The Kier molecular flexibility index (Phi) is 9.70. The molecule has 0 aliphatic heterocycles. The van der Waals surface area contributed by atoms with Gasteiger partial charge in [0.05, 0.1) is 6.54 Å². The Morgan fingerprint density at radius 1 is 1.26 bits per heavy atom. The maximum atomic E-state index is 5.88. The number of nitrogens with zero attached hydrogens (tertiary/aromatic N) is 3. The van der Waals surface area contributed by atoms with Gasteiger partial charge >= 0.3 is 0 Å². The first-order chi connectivity index (χ1) is 10.8. The lowest BCUT2D eigenvalue weighted by molar-refractivity contribution is 0.570. The summed E-state index contributed by atoms with van der Waals surface area (Å²) in [7, 11) is 0. The Morgan fingerprint density at radius 2 is 2.04 bits per heavy atom. The Balaban J connectivity index is 0.00000264. The minimum atomic E-state index is 0. The Bertz CT molecular complexity index is 569. The number of nitrogens with one attached hydrogen (secondary N) is 2. The molecule has 0 fully saturated rings. The summed E-state index contributed by atoms with van der Waals surface area (Å²) in [6.45, 7) is 5.28. The molecule has 0 radical (unpaired) electrons. The van der Waals surface area contributed by atoms with Crippen molar-refractivity contribution >= 4 is 41.5 Å². The normalized spacial score (nSPS) is 11.0. The first-order valence-corrected chi connectivity index (χ1v) is 7.90. The van der Waals surface area contributed by atoms with Crippen LogP contribution in [0.2, 0.25) is 5.02 Å². The highest BCUT2D eigenvalue weighted by Crippen LogP contribution is 2.10. The summed E-state index contributed by atoms with van der Waals surface area (Å²) in [5.74, 6) is 0.831. The largest absolute Gasteiger partial charge is 0.357 e. The van der Waals surface area contributed by atoms with Crippen molar-refractivity contribution in [2.24, 2.45) is 4.99 Å². The monoisotopic (exact) mass is 447 g/mol. The molecular weight excluding hydrogens is 425 g/mol. The van der Waals surface area contributed by atoms with Crippen LogP contribution in [0.4, 0.5) is 0 Å². The van der Waals surface area contributed by atoms with E-state index in [1.54, 1.807) is 6.20 Å². The molecule has 0 aliphatic carbocycles. The molecule has 7 heteroatoms. The van der Waals surface area contributed by atoms with E-state index < -0.39 is 0 Å². The molecule has 2 aromatic rings. The van der Waals surface area contributed by atoms with Gasteiger partial charge in [-0.25, -0.2) is 4.99 Å². The highest BCUT2D eigenvalue weighted by atomic mass is 127. The molecule has 0 saturated heterocycles. The number of aliphatic imine (C=N–C) groups is 1. The van der Waals surface area contributed by atoms with Gasteiger partial charge in [0, 0.05) is 37.1 Å². The van der Waals surface area contributed by atoms with Gasteiger partial charge in [-0.15, -0.1) is 24.0 Å². The molecule has 126 valence electrons. The SMILES string of the molecule is CCNC(=NCc1ccc(Cl)cc1)NCCCn1cccn1.I. The van der Waals surface area contributed by atoms with Crippen LogP contribution in [-0.2, 0) is 13.1 Å². The summed E-state index contributed by atoms with van der Waals surface area (Å²) < 4.78 is 1.93. The molecule has 0 atom stereocenters. The van der Waals surface area contributed by atoms with Gasteiger partial charge in [0.2, 0.25) is 0 Å². The molecule has 0 bridgehead atoms. The molecule has 0 saturated carbocycles. The number of guanidine groups is 1. The van der Waals surface area contributed by atoms with E-state index in [2.05, 4.69) is 27.6 Å². The van der Waals surface area contributed by atoms with E-state index in [4.69, 9.17) is 11.6 Å². The van der Waals surface area contributed by atoms with Crippen LogP contribution < -0.4 is 10.6 Å². The fourth-order valence-corrected chi connectivity index (χ4v) is 2.11. The van der Waals surface area contributed by atoms with Crippen molar-refractivity contribution in [3.8, 4) is 0 Å². The smallest absolute Gasteiger partial charge is 0.191 e. The minimum Gasteiger partial charge on any atom is -0.357 e. The number of benzene rings is 1. The van der Waals surface area contributed by atoms with Crippen molar-refractivity contribution in [3.63, 3.8) is 0 Å². The quantitative estimate of drug-likeness (QED) is 0.296. The second-order valence-corrected chi connectivity index (χ2v) is 5.31. The highest BCUT2D eigenvalue weighted by Gasteiger charge is 1.98. The van der Waals surface area contributed by atoms with Gasteiger partial charge in [-0.05, 0) is 37.1 Å². The van der Waals surface area contributed by atoms with Gasteiger partial charge in [-0.1, -0.05) is 23.7 Å². The van der Waals surface area contributed by atoms with Crippen LogP contribution >= 0.6 is 35.6 Å². The zero-order valence-corrected chi connectivity index (χ0v) is 16.3. The van der Waals surface area contributed by atoms with Crippen molar-refractivity contribution in [3.05, 3.63) is 53.3 Å². The van der Waals surface area contributed by atoms with Gasteiger partial charge in [-0.3, -0.25) is 4.68 Å². The minimum absolute atomic E-state index is 0. The van der Waals surface area contributed by atoms with Crippen LogP contribution in [0.25, 0.3) is 0 Å². The van der Waals surface area contributed by atoms with Crippen molar-refractivity contribution < 1.29 is 0 Å². The van der Waals surface area contributed by atoms with E-state index in [1.165, 1.54) is 0 Å². The first-order valence-electron chi connectivity index (χ1n) is 7.52. The van der Waals surface area contributed by atoms with E-state index in [0.717, 1.165) is 42.6 Å². The molecule has 0 unspecified atom stereocenters. The molecular formula is C16H23ClIN5. The second kappa shape index (κ2) is 11.3. The third kappa shape index (κ3) is 7.69. The maximum Gasteiger partial charge on any atom is 0.191 e. The van der Waals surface area contributed by atoms with Gasteiger partial charge in [0.25, 0.3) is 0 Å². The molecule has 0 amide bonds. The topological polar surface area (TPSA) is 54.2 Å². The van der Waals surface area contributed by atoms with Crippen molar-refractivity contribution in [1.82, 2.24) is 20.4 Å². The van der Waals surface area contributed by atoms with Crippen molar-refractivity contribution in [1.29, 1.82) is 0 Å². The molecule has 23 heavy (non-hydrogen) atoms. The maximum absolute atomic E-state index is 5.88. The highest BCUT2D eigenvalue weighted by molar-refractivity contribution is 14.0. The zero-order valence-electron chi connectivity index (χ0n) is 13.2. The average molecular weight is 448 g/mol. The lowest BCUT2D eigenvalue weighted by Gasteiger charge is -2.11. The van der Waals surface area contributed by atoms with Crippen molar-refractivity contribution in [2.45, 2.75) is 26.4 Å². The van der Waals surface area contributed by atoms with Crippen LogP contribution in [0.1, 0.15) is 18.9 Å². The molecule has 0 aliphatic rings. The van der Waals surface area contributed by atoms with E-state index in [-0.39, 0.29) is 24.0 Å². The molecule has 1 aromatic heterocycles. The first kappa shape index (κ1) is 19.8. The zero-order chi connectivity index (χ0) is 15.6. The van der Waals surface area contributed by atoms with E-state index >= 15 is 0 Å². The van der Waals surface area contributed by atoms with Crippen LogP contribution in [0.3, 0.4) is 0 Å².